The molecule has 0 aliphatic carbocycles. The lowest BCUT2D eigenvalue weighted by molar-refractivity contribution is 0.563. The van der Waals surface area contributed by atoms with Gasteiger partial charge in [0.1, 0.15) is 5.58 Å². The molecule has 0 amide bonds. The van der Waals surface area contributed by atoms with E-state index in [1.54, 1.807) is 17.8 Å². The van der Waals surface area contributed by atoms with Crippen LogP contribution >= 0.6 is 27.7 Å². The molecule has 0 N–H and O–H groups in total. The number of rotatable bonds is 4. The van der Waals surface area contributed by atoms with Crippen molar-refractivity contribution in [3.05, 3.63) is 75.7 Å². The maximum absolute atomic E-state index is 12.5. The van der Waals surface area contributed by atoms with Crippen molar-refractivity contribution in [2.45, 2.75) is 24.3 Å². The zero-order valence-electron chi connectivity index (χ0n) is 14.8. The first kappa shape index (κ1) is 18.1. The van der Waals surface area contributed by atoms with E-state index in [0.29, 0.717) is 22.1 Å². The van der Waals surface area contributed by atoms with Crippen LogP contribution in [0.1, 0.15) is 13.8 Å². The summed E-state index contributed by atoms with van der Waals surface area (Å²) >= 11 is 5.12. The highest BCUT2D eigenvalue weighted by Crippen LogP contribution is 2.30. The minimum atomic E-state index is -0.379. The van der Waals surface area contributed by atoms with Crippen molar-refractivity contribution in [1.82, 2.24) is 9.55 Å². The summed E-state index contributed by atoms with van der Waals surface area (Å²) in [5.74, 6) is 0. The van der Waals surface area contributed by atoms with Crippen LogP contribution in [0.25, 0.3) is 27.9 Å². The highest BCUT2D eigenvalue weighted by molar-refractivity contribution is 9.10. The Balaban J connectivity index is 1.88. The molecule has 6 heteroatoms. The second-order valence-electron chi connectivity index (χ2n) is 6.41. The topological polar surface area (TPSA) is 48.0 Å². The lowest BCUT2D eigenvalue weighted by Crippen LogP contribution is -2.02. The van der Waals surface area contributed by atoms with Gasteiger partial charge in [0.2, 0.25) is 0 Å². The lowest BCUT2D eigenvalue weighted by Gasteiger charge is -2.08. The van der Waals surface area contributed by atoms with Gasteiger partial charge in [-0.15, -0.1) is 0 Å². The molecule has 2 aromatic heterocycles. The fourth-order valence-electron chi connectivity index (χ4n) is 2.81. The number of aromatic nitrogens is 2. The SMILES string of the molecule is CC(C)Sc1nc(-c2cc3ccccc3oc2=O)cn1-c1ccc(Br)cc1. The van der Waals surface area contributed by atoms with Gasteiger partial charge in [0.05, 0.1) is 11.3 Å². The first-order valence-electron chi connectivity index (χ1n) is 8.56. The summed E-state index contributed by atoms with van der Waals surface area (Å²) in [6, 6.07) is 17.4. The molecule has 0 aliphatic rings. The highest BCUT2D eigenvalue weighted by Gasteiger charge is 2.16. The van der Waals surface area contributed by atoms with E-state index in [-0.39, 0.29) is 5.63 Å². The van der Waals surface area contributed by atoms with Crippen molar-refractivity contribution < 1.29 is 4.42 Å². The molecular formula is C21H17BrN2O2S. The molecule has 0 aliphatic heterocycles. The van der Waals surface area contributed by atoms with Crippen molar-refractivity contribution in [3.8, 4) is 16.9 Å². The van der Waals surface area contributed by atoms with Crippen molar-refractivity contribution in [3.63, 3.8) is 0 Å². The number of fused-ring (bicyclic) bond motifs is 1. The quantitative estimate of drug-likeness (QED) is 0.292. The van der Waals surface area contributed by atoms with Gasteiger partial charge in [0.25, 0.3) is 0 Å². The zero-order valence-corrected chi connectivity index (χ0v) is 17.3. The number of imidazole rings is 1. The Bertz CT molecular complexity index is 1160. The van der Waals surface area contributed by atoms with E-state index in [1.807, 2.05) is 59.3 Å². The zero-order chi connectivity index (χ0) is 19.0. The molecule has 0 atom stereocenters. The van der Waals surface area contributed by atoms with Crippen LogP contribution in [-0.4, -0.2) is 14.8 Å². The smallest absolute Gasteiger partial charge is 0.345 e. The Labute approximate surface area is 169 Å². The predicted octanol–water partition coefficient (Wildman–Crippen LogP) is 5.91. The summed E-state index contributed by atoms with van der Waals surface area (Å²) in [6.07, 6.45) is 1.90. The minimum Gasteiger partial charge on any atom is -0.422 e. The Morgan fingerprint density at radius 2 is 1.85 bits per heavy atom. The fourth-order valence-corrected chi connectivity index (χ4v) is 3.92. The van der Waals surface area contributed by atoms with Crippen molar-refractivity contribution in [1.29, 1.82) is 0 Å². The maximum Gasteiger partial charge on any atom is 0.345 e. The summed E-state index contributed by atoms with van der Waals surface area (Å²) in [5, 5.41) is 2.08. The van der Waals surface area contributed by atoms with Crippen LogP contribution in [0.2, 0.25) is 0 Å². The van der Waals surface area contributed by atoms with Gasteiger partial charge in [-0.25, -0.2) is 9.78 Å². The highest BCUT2D eigenvalue weighted by atomic mass is 79.9. The molecule has 136 valence electrons. The summed E-state index contributed by atoms with van der Waals surface area (Å²) in [6.45, 7) is 4.24. The molecule has 2 heterocycles. The van der Waals surface area contributed by atoms with Gasteiger partial charge >= 0.3 is 5.63 Å². The number of nitrogens with zero attached hydrogens (tertiary/aromatic N) is 2. The van der Waals surface area contributed by atoms with Crippen molar-refractivity contribution >= 4 is 38.7 Å². The summed E-state index contributed by atoms with van der Waals surface area (Å²) in [7, 11) is 0. The Kier molecular flexibility index (Phi) is 4.93. The fraction of sp³-hybridized carbons (Fsp3) is 0.143. The molecule has 0 fully saturated rings. The van der Waals surface area contributed by atoms with Gasteiger partial charge in [-0.2, -0.15) is 0 Å². The van der Waals surface area contributed by atoms with Gasteiger partial charge in [0, 0.05) is 27.0 Å². The molecule has 27 heavy (non-hydrogen) atoms. The van der Waals surface area contributed by atoms with Crippen LogP contribution < -0.4 is 5.63 Å². The van der Waals surface area contributed by atoms with E-state index in [9.17, 15) is 4.79 Å². The second-order valence-corrected chi connectivity index (χ2v) is 8.87. The molecule has 0 radical (unpaired) electrons. The normalized spacial score (nSPS) is 11.4. The van der Waals surface area contributed by atoms with E-state index >= 15 is 0 Å². The summed E-state index contributed by atoms with van der Waals surface area (Å²) < 4.78 is 8.51. The number of benzene rings is 2. The molecule has 0 spiro atoms. The molecule has 0 saturated heterocycles. The van der Waals surface area contributed by atoms with Crippen LogP contribution in [0, 0.1) is 0 Å². The van der Waals surface area contributed by atoms with Crippen molar-refractivity contribution in [2.24, 2.45) is 0 Å². The first-order valence-corrected chi connectivity index (χ1v) is 10.2. The third kappa shape index (κ3) is 3.73. The van der Waals surface area contributed by atoms with Gasteiger partial charge < -0.3 is 4.42 Å². The monoisotopic (exact) mass is 440 g/mol. The number of para-hydroxylation sites is 1. The van der Waals surface area contributed by atoms with Crippen LogP contribution in [-0.2, 0) is 0 Å². The van der Waals surface area contributed by atoms with Crippen LogP contribution in [0.3, 0.4) is 0 Å². The predicted molar refractivity (Wildman–Crippen MR) is 114 cm³/mol. The van der Waals surface area contributed by atoms with E-state index < -0.39 is 0 Å². The van der Waals surface area contributed by atoms with Crippen LogP contribution in [0.5, 0.6) is 0 Å². The van der Waals surface area contributed by atoms with E-state index in [4.69, 9.17) is 9.40 Å². The Morgan fingerprint density at radius 1 is 1.11 bits per heavy atom. The van der Waals surface area contributed by atoms with Crippen LogP contribution in [0.4, 0.5) is 0 Å². The number of halogens is 1. The maximum atomic E-state index is 12.5. The van der Waals surface area contributed by atoms with E-state index in [2.05, 4.69) is 29.8 Å². The molecule has 4 rings (SSSR count). The van der Waals surface area contributed by atoms with E-state index in [0.717, 1.165) is 20.7 Å². The molecule has 4 aromatic rings. The minimum absolute atomic E-state index is 0.363. The van der Waals surface area contributed by atoms with E-state index in [1.165, 1.54) is 0 Å². The van der Waals surface area contributed by atoms with Crippen LogP contribution in [0.15, 0.2) is 79.6 Å². The number of hydrogen-bond acceptors (Lipinski definition) is 4. The average Bonchev–Trinajstić information content (AvgIpc) is 3.04. The standard InChI is InChI=1S/C21H17BrN2O2S/c1-13(2)27-21-23-18(12-24(21)16-9-7-15(22)8-10-16)17-11-14-5-3-4-6-19(14)26-20(17)25/h3-13H,1-2H3. The first-order chi connectivity index (χ1) is 13.0. The molecule has 0 saturated carbocycles. The summed E-state index contributed by atoms with van der Waals surface area (Å²) in [4.78, 5) is 17.3. The molecule has 2 aromatic carbocycles. The number of hydrogen-bond donors (Lipinski definition) is 0. The molecule has 0 unspecified atom stereocenters. The molecular weight excluding hydrogens is 424 g/mol. The van der Waals surface area contributed by atoms with Gasteiger partial charge in [-0.05, 0) is 36.4 Å². The third-order valence-electron chi connectivity index (χ3n) is 4.04. The Hall–Kier alpha value is -2.31. The third-order valence-corrected chi connectivity index (χ3v) is 5.54. The van der Waals surface area contributed by atoms with Crippen molar-refractivity contribution in [2.75, 3.05) is 0 Å². The average molecular weight is 441 g/mol. The molecule has 4 nitrogen and oxygen atoms in total. The Morgan fingerprint density at radius 3 is 2.59 bits per heavy atom. The summed E-state index contributed by atoms with van der Waals surface area (Å²) in [5.41, 5.74) is 2.27. The number of thioether (sulfide) groups is 1. The molecule has 0 bridgehead atoms. The van der Waals surface area contributed by atoms with Gasteiger partial charge in [0.15, 0.2) is 5.16 Å². The second kappa shape index (κ2) is 7.37. The van der Waals surface area contributed by atoms with Gasteiger partial charge in [-0.3, -0.25) is 4.57 Å². The lowest BCUT2D eigenvalue weighted by atomic mass is 10.1. The largest absolute Gasteiger partial charge is 0.422 e. The van der Waals surface area contributed by atoms with Gasteiger partial charge in [-0.1, -0.05) is 59.7 Å².